The van der Waals surface area contributed by atoms with E-state index in [0.717, 1.165) is 12.0 Å². The highest BCUT2D eigenvalue weighted by atomic mass is 32.2. The van der Waals surface area contributed by atoms with Gasteiger partial charge in [-0.2, -0.15) is 4.31 Å². The second-order valence-electron chi connectivity index (χ2n) is 4.91. The van der Waals surface area contributed by atoms with Crippen molar-refractivity contribution in [2.45, 2.75) is 44.0 Å². The predicted molar refractivity (Wildman–Crippen MR) is 73.4 cm³/mol. The topological polar surface area (TPSA) is 54.5 Å². The van der Waals surface area contributed by atoms with Crippen molar-refractivity contribution in [2.75, 3.05) is 6.54 Å². The van der Waals surface area contributed by atoms with E-state index < -0.39 is 16.1 Å². The molecule has 0 radical (unpaired) electrons. The molecule has 104 valence electrons. The van der Waals surface area contributed by atoms with Crippen molar-refractivity contribution in [3.8, 4) is 0 Å². The third kappa shape index (κ3) is 2.72. The Morgan fingerprint density at radius 1 is 1.32 bits per heavy atom. The first-order valence-electron chi connectivity index (χ1n) is 6.58. The maximum atomic E-state index is 12.6. The van der Waals surface area contributed by atoms with Gasteiger partial charge in [-0.25, -0.2) is 8.42 Å². The summed E-state index contributed by atoms with van der Waals surface area (Å²) < 4.78 is 26.5. The Morgan fingerprint density at radius 3 is 2.53 bits per heavy atom. The zero-order chi connectivity index (χ0) is 14.0. The smallest absolute Gasteiger partial charge is 0.243 e. The zero-order valence-corrected chi connectivity index (χ0v) is 12.1. The lowest BCUT2D eigenvalue weighted by Crippen LogP contribution is -2.40. The molecule has 0 saturated carbocycles. The molecule has 0 N–H and O–H groups in total. The molecule has 1 fully saturated rings. The summed E-state index contributed by atoms with van der Waals surface area (Å²) in [5, 5.41) is 0. The summed E-state index contributed by atoms with van der Waals surface area (Å²) in [5.41, 5.74) is 1.02. The molecule has 0 amide bonds. The summed E-state index contributed by atoms with van der Waals surface area (Å²) in [6.07, 6.45) is 1.77. The van der Waals surface area contributed by atoms with E-state index >= 15 is 0 Å². The van der Waals surface area contributed by atoms with Gasteiger partial charge in [-0.3, -0.25) is 4.79 Å². The van der Waals surface area contributed by atoms with Crippen LogP contribution >= 0.6 is 0 Å². The minimum Gasteiger partial charge on any atom is -0.298 e. The van der Waals surface area contributed by atoms with Gasteiger partial charge >= 0.3 is 0 Å². The van der Waals surface area contributed by atoms with Crippen LogP contribution in [0.4, 0.5) is 0 Å². The SMILES string of the molecule is CCC(=O)[C@@H]1CCCN1S(=O)(=O)c1ccc(C)cc1. The molecule has 2 rings (SSSR count). The van der Waals surface area contributed by atoms with Crippen LogP contribution in [0.3, 0.4) is 0 Å². The van der Waals surface area contributed by atoms with Crippen LogP contribution in [0.5, 0.6) is 0 Å². The van der Waals surface area contributed by atoms with Gasteiger partial charge in [0.1, 0.15) is 0 Å². The number of benzene rings is 1. The van der Waals surface area contributed by atoms with E-state index in [4.69, 9.17) is 0 Å². The van der Waals surface area contributed by atoms with Gasteiger partial charge in [-0.15, -0.1) is 0 Å². The Morgan fingerprint density at radius 2 is 1.95 bits per heavy atom. The molecule has 1 atom stereocenters. The molecule has 1 aliphatic rings. The maximum absolute atomic E-state index is 12.6. The zero-order valence-electron chi connectivity index (χ0n) is 11.3. The minimum absolute atomic E-state index is 0.00758. The van der Waals surface area contributed by atoms with Gasteiger partial charge in [-0.1, -0.05) is 24.6 Å². The number of hydrogen-bond donors (Lipinski definition) is 0. The van der Waals surface area contributed by atoms with Crippen LogP contribution in [-0.4, -0.2) is 31.1 Å². The molecular formula is C14H19NO3S. The van der Waals surface area contributed by atoms with Crippen LogP contribution in [0.25, 0.3) is 0 Å². The molecule has 4 nitrogen and oxygen atoms in total. The van der Waals surface area contributed by atoms with Crippen LogP contribution in [-0.2, 0) is 14.8 Å². The largest absolute Gasteiger partial charge is 0.298 e. The maximum Gasteiger partial charge on any atom is 0.243 e. The van der Waals surface area contributed by atoms with Crippen molar-refractivity contribution < 1.29 is 13.2 Å². The quantitative estimate of drug-likeness (QED) is 0.849. The molecule has 1 saturated heterocycles. The van der Waals surface area contributed by atoms with E-state index in [1.54, 1.807) is 31.2 Å². The lowest BCUT2D eigenvalue weighted by Gasteiger charge is -2.22. The number of rotatable bonds is 4. The highest BCUT2D eigenvalue weighted by Gasteiger charge is 2.38. The van der Waals surface area contributed by atoms with Crippen molar-refractivity contribution >= 4 is 15.8 Å². The summed E-state index contributed by atoms with van der Waals surface area (Å²) in [6.45, 7) is 4.12. The molecule has 19 heavy (non-hydrogen) atoms. The van der Waals surface area contributed by atoms with E-state index in [9.17, 15) is 13.2 Å². The fraction of sp³-hybridized carbons (Fsp3) is 0.500. The Balaban J connectivity index is 2.33. The minimum atomic E-state index is -3.55. The fourth-order valence-corrected chi connectivity index (χ4v) is 4.11. The molecule has 0 unspecified atom stereocenters. The average molecular weight is 281 g/mol. The van der Waals surface area contributed by atoms with Gasteiger partial charge in [0.15, 0.2) is 5.78 Å². The summed E-state index contributed by atoms with van der Waals surface area (Å²) in [5.74, 6) is 0.00758. The van der Waals surface area contributed by atoms with Crippen molar-refractivity contribution in [3.63, 3.8) is 0 Å². The fourth-order valence-electron chi connectivity index (χ4n) is 2.43. The van der Waals surface area contributed by atoms with E-state index in [0.29, 0.717) is 19.4 Å². The van der Waals surface area contributed by atoms with E-state index in [1.807, 2.05) is 6.92 Å². The monoisotopic (exact) mass is 281 g/mol. The summed E-state index contributed by atoms with van der Waals surface area (Å²) in [4.78, 5) is 12.1. The van der Waals surface area contributed by atoms with Gasteiger partial charge in [0, 0.05) is 13.0 Å². The number of sulfonamides is 1. The summed E-state index contributed by atoms with van der Waals surface area (Å²) in [7, 11) is -3.55. The van der Waals surface area contributed by atoms with Gasteiger partial charge in [-0.05, 0) is 31.9 Å². The van der Waals surface area contributed by atoms with Gasteiger partial charge in [0.2, 0.25) is 10.0 Å². The van der Waals surface area contributed by atoms with Crippen molar-refractivity contribution in [1.29, 1.82) is 0 Å². The van der Waals surface area contributed by atoms with Crippen molar-refractivity contribution in [2.24, 2.45) is 0 Å². The van der Waals surface area contributed by atoms with Crippen LogP contribution in [0.1, 0.15) is 31.7 Å². The number of hydrogen-bond acceptors (Lipinski definition) is 3. The standard InChI is InChI=1S/C14H19NO3S/c1-3-14(16)13-5-4-10-15(13)19(17,18)12-8-6-11(2)7-9-12/h6-9,13H,3-5,10H2,1-2H3/t13-/m0/s1. The highest BCUT2D eigenvalue weighted by Crippen LogP contribution is 2.27. The molecule has 0 bridgehead atoms. The van der Waals surface area contributed by atoms with E-state index in [2.05, 4.69) is 0 Å². The van der Waals surface area contributed by atoms with E-state index in [1.165, 1.54) is 4.31 Å². The normalized spacial score (nSPS) is 20.6. The first-order valence-corrected chi connectivity index (χ1v) is 8.02. The Bertz CT molecular complexity index is 563. The van der Waals surface area contributed by atoms with Crippen molar-refractivity contribution in [1.82, 2.24) is 4.31 Å². The van der Waals surface area contributed by atoms with Crippen LogP contribution in [0, 0.1) is 6.92 Å². The Hall–Kier alpha value is -1.20. The molecule has 1 aromatic carbocycles. The third-order valence-electron chi connectivity index (χ3n) is 3.55. The first kappa shape index (κ1) is 14.2. The van der Waals surface area contributed by atoms with Crippen molar-refractivity contribution in [3.05, 3.63) is 29.8 Å². The molecule has 0 spiro atoms. The molecule has 5 heteroatoms. The molecular weight excluding hydrogens is 262 g/mol. The average Bonchev–Trinajstić information content (AvgIpc) is 2.88. The summed E-state index contributed by atoms with van der Waals surface area (Å²) in [6, 6.07) is 6.29. The lowest BCUT2D eigenvalue weighted by atomic mass is 10.1. The molecule has 1 aliphatic heterocycles. The number of nitrogens with zero attached hydrogens (tertiary/aromatic N) is 1. The second-order valence-corrected chi connectivity index (χ2v) is 6.80. The van der Waals surface area contributed by atoms with Gasteiger partial charge in [0.25, 0.3) is 0 Å². The van der Waals surface area contributed by atoms with Crippen LogP contribution < -0.4 is 0 Å². The Kier molecular flexibility index (Phi) is 4.06. The molecule has 0 aromatic heterocycles. The number of ketones is 1. The Labute approximate surface area is 114 Å². The molecule has 1 aromatic rings. The first-order chi connectivity index (χ1) is 8.96. The van der Waals surface area contributed by atoms with Gasteiger partial charge < -0.3 is 0 Å². The number of carbonyl (C=O) groups excluding carboxylic acids is 1. The highest BCUT2D eigenvalue weighted by molar-refractivity contribution is 7.89. The third-order valence-corrected chi connectivity index (χ3v) is 5.47. The lowest BCUT2D eigenvalue weighted by molar-refractivity contribution is -0.121. The predicted octanol–water partition coefficient (Wildman–Crippen LogP) is 2.13. The van der Waals surface area contributed by atoms with E-state index in [-0.39, 0.29) is 10.7 Å². The number of Topliss-reactive ketones (excluding diaryl/α,β-unsaturated/α-hetero) is 1. The summed E-state index contributed by atoms with van der Waals surface area (Å²) >= 11 is 0. The van der Waals surface area contributed by atoms with Crippen LogP contribution in [0.15, 0.2) is 29.2 Å². The van der Waals surface area contributed by atoms with Crippen LogP contribution in [0.2, 0.25) is 0 Å². The number of aryl methyl sites for hydroxylation is 1. The number of carbonyl (C=O) groups is 1. The molecule has 1 heterocycles. The second kappa shape index (κ2) is 5.43. The van der Waals surface area contributed by atoms with Gasteiger partial charge in [0.05, 0.1) is 10.9 Å². The molecule has 0 aliphatic carbocycles.